The zero-order valence-electron chi connectivity index (χ0n) is 12.5. The highest BCUT2D eigenvalue weighted by Gasteiger charge is 2.34. The lowest BCUT2D eigenvalue weighted by Crippen LogP contribution is -2.50. The summed E-state index contributed by atoms with van der Waals surface area (Å²) in [7, 11) is -3.52. The van der Waals surface area contributed by atoms with Crippen molar-refractivity contribution in [1.82, 2.24) is 4.90 Å². The third-order valence-electron chi connectivity index (χ3n) is 3.74. The van der Waals surface area contributed by atoms with Crippen molar-refractivity contribution in [3.63, 3.8) is 0 Å². The molecule has 0 unspecified atom stereocenters. The maximum Gasteiger partial charge on any atom is 0.246 e. The molecule has 0 radical (unpaired) electrons. The van der Waals surface area contributed by atoms with Crippen LogP contribution in [0.3, 0.4) is 0 Å². The van der Waals surface area contributed by atoms with Gasteiger partial charge in [0.15, 0.2) is 0 Å². The number of rotatable bonds is 5. The lowest BCUT2D eigenvalue weighted by atomic mass is 10.1. The van der Waals surface area contributed by atoms with Gasteiger partial charge in [-0.05, 0) is 31.4 Å². The number of carbonyl (C=O) groups is 1. The molecule has 116 valence electrons. The number of hydrogen-bond acceptors (Lipinski definition) is 3. The van der Waals surface area contributed by atoms with E-state index in [4.69, 9.17) is 0 Å². The fourth-order valence-corrected chi connectivity index (χ4v) is 3.97. The number of hydrogen-bond donors (Lipinski definition) is 0. The van der Waals surface area contributed by atoms with E-state index in [1.165, 1.54) is 4.31 Å². The van der Waals surface area contributed by atoms with Gasteiger partial charge in [-0.15, -0.1) is 0 Å². The predicted octanol–water partition coefficient (Wildman–Crippen LogP) is 1.85. The van der Waals surface area contributed by atoms with Crippen molar-refractivity contribution in [3.05, 3.63) is 30.3 Å². The molecule has 0 saturated carbocycles. The highest BCUT2D eigenvalue weighted by Crippen LogP contribution is 2.24. The first-order chi connectivity index (χ1) is 9.95. The highest BCUT2D eigenvalue weighted by atomic mass is 32.2. The summed E-state index contributed by atoms with van der Waals surface area (Å²) < 4.78 is 25.7. The SMILES string of the molecule is CC[C@@H](C(=O)N1CCCC1)N(c1ccccc1)S(C)(=O)=O. The van der Waals surface area contributed by atoms with E-state index in [1.54, 1.807) is 29.2 Å². The van der Waals surface area contributed by atoms with E-state index < -0.39 is 16.1 Å². The zero-order chi connectivity index (χ0) is 15.5. The van der Waals surface area contributed by atoms with Gasteiger partial charge in [0.25, 0.3) is 0 Å². The first-order valence-corrected chi connectivity index (χ1v) is 9.13. The molecule has 21 heavy (non-hydrogen) atoms. The Morgan fingerprint density at radius 3 is 2.29 bits per heavy atom. The molecule has 6 heteroatoms. The van der Waals surface area contributed by atoms with Gasteiger partial charge in [0.1, 0.15) is 6.04 Å². The lowest BCUT2D eigenvalue weighted by molar-refractivity contribution is -0.131. The molecule has 0 N–H and O–H groups in total. The second-order valence-electron chi connectivity index (χ2n) is 5.35. The molecule has 5 nitrogen and oxygen atoms in total. The van der Waals surface area contributed by atoms with E-state index in [-0.39, 0.29) is 5.91 Å². The van der Waals surface area contributed by atoms with Crippen molar-refractivity contribution in [2.24, 2.45) is 0 Å². The molecule has 0 aromatic heterocycles. The Labute approximate surface area is 126 Å². The van der Waals surface area contributed by atoms with Crippen LogP contribution in [-0.2, 0) is 14.8 Å². The molecule has 1 saturated heterocycles. The van der Waals surface area contributed by atoms with Gasteiger partial charge >= 0.3 is 0 Å². The van der Waals surface area contributed by atoms with Crippen molar-refractivity contribution < 1.29 is 13.2 Å². The first kappa shape index (κ1) is 15.8. The standard InChI is InChI=1S/C15H22N2O3S/c1-3-14(15(18)16-11-7-8-12-16)17(21(2,19)20)13-9-5-4-6-10-13/h4-6,9-10,14H,3,7-8,11-12H2,1-2H3/t14-/m0/s1. The van der Waals surface area contributed by atoms with Crippen LogP contribution in [0, 0.1) is 0 Å². The Bertz CT molecular complexity index is 580. The summed E-state index contributed by atoms with van der Waals surface area (Å²) >= 11 is 0. The van der Waals surface area contributed by atoms with E-state index >= 15 is 0 Å². The summed E-state index contributed by atoms with van der Waals surface area (Å²) in [6.07, 6.45) is 3.59. The number of para-hydroxylation sites is 1. The Kier molecular flexibility index (Phi) is 4.88. The van der Waals surface area contributed by atoms with Gasteiger partial charge in [-0.3, -0.25) is 9.10 Å². The molecule has 0 bridgehead atoms. The van der Waals surface area contributed by atoms with Gasteiger partial charge in [0.05, 0.1) is 11.9 Å². The maximum atomic E-state index is 12.7. The van der Waals surface area contributed by atoms with Gasteiger partial charge < -0.3 is 4.90 Å². The van der Waals surface area contributed by atoms with Crippen molar-refractivity contribution in [1.29, 1.82) is 0 Å². The molecule has 1 atom stereocenters. The van der Waals surface area contributed by atoms with Crippen LogP contribution in [0.4, 0.5) is 5.69 Å². The van der Waals surface area contributed by atoms with Crippen LogP contribution >= 0.6 is 0 Å². The van der Waals surface area contributed by atoms with Gasteiger partial charge in [-0.1, -0.05) is 25.1 Å². The summed E-state index contributed by atoms with van der Waals surface area (Å²) in [5, 5.41) is 0. The van der Waals surface area contributed by atoms with E-state index in [0.717, 1.165) is 32.2 Å². The van der Waals surface area contributed by atoms with Crippen molar-refractivity contribution in [3.8, 4) is 0 Å². The van der Waals surface area contributed by atoms with Crippen LogP contribution in [0.25, 0.3) is 0 Å². The topological polar surface area (TPSA) is 57.7 Å². The molecule has 1 aliphatic heterocycles. The molecule has 1 amide bonds. The quantitative estimate of drug-likeness (QED) is 0.834. The first-order valence-electron chi connectivity index (χ1n) is 7.28. The largest absolute Gasteiger partial charge is 0.341 e. The van der Waals surface area contributed by atoms with E-state index in [1.807, 2.05) is 13.0 Å². The summed E-state index contributed by atoms with van der Waals surface area (Å²) in [6, 6.07) is 8.16. The second kappa shape index (κ2) is 6.47. The van der Waals surface area contributed by atoms with Crippen molar-refractivity contribution in [2.45, 2.75) is 32.2 Å². The lowest BCUT2D eigenvalue weighted by Gasteiger charge is -2.32. The normalized spacial score (nSPS) is 16.8. The Morgan fingerprint density at radius 2 is 1.81 bits per heavy atom. The van der Waals surface area contributed by atoms with Gasteiger partial charge in [-0.2, -0.15) is 0 Å². The zero-order valence-corrected chi connectivity index (χ0v) is 13.3. The fourth-order valence-electron chi connectivity index (χ4n) is 2.77. The maximum absolute atomic E-state index is 12.7. The third-order valence-corrected chi connectivity index (χ3v) is 4.92. The predicted molar refractivity (Wildman–Crippen MR) is 83.7 cm³/mol. The summed E-state index contributed by atoms with van der Waals surface area (Å²) in [5.41, 5.74) is 0.541. The molecule has 1 heterocycles. The van der Waals surface area contributed by atoms with Gasteiger partial charge in [-0.25, -0.2) is 8.42 Å². The monoisotopic (exact) mass is 310 g/mol. The number of anilines is 1. The minimum Gasteiger partial charge on any atom is -0.341 e. The minimum absolute atomic E-state index is 0.0933. The molecule has 1 aromatic carbocycles. The van der Waals surface area contributed by atoms with Gasteiger partial charge in [0.2, 0.25) is 15.9 Å². The second-order valence-corrected chi connectivity index (χ2v) is 7.21. The van der Waals surface area contributed by atoms with Crippen LogP contribution in [0.2, 0.25) is 0 Å². The van der Waals surface area contributed by atoms with Crippen molar-refractivity contribution >= 4 is 21.6 Å². The smallest absolute Gasteiger partial charge is 0.246 e. The number of carbonyl (C=O) groups excluding carboxylic acids is 1. The van der Waals surface area contributed by atoms with Gasteiger partial charge in [0, 0.05) is 13.1 Å². The molecular weight excluding hydrogens is 288 g/mol. The third kappa shape index (κ3) is 3.56. The summed E-state index contributed by atoms with van der Waals surface area (Å²) in [4.78, 5) is 14.4. The van der Waals surface area contributed by atoms with Crippen molar-refractivity contribution in [2.75, 3.05) is 23.7 Å². The Morgan fingerprint density at radius 1 is 1.24 bits per heavy atom. The fraction of sp³-hybridized carbons (Fsp3) is 0.533. The number of amides is 1. The van der Waals surface area contributed by atoms with Crippen LogP contribution in [-0.4, -0.2) is 44.6 Å². The molecular formula is C15H22N2O3S. The number of benzene rings is 1. The number of sulfonamides is 1. The molecule has 1 aliphatic rings. The van der Waals surface area contributed by atoms with E-state index in [2.05, 4.69) is 0 Å². The molecule has 1 aromatic rings. The Hall–Kier alpha value is -1.56. The average Bonchev–Trinajstić information content (AvgIpc) is 2.97. The molecule has 2 rings (SSSR count). The summed E-state index contributed by atoms with van der Waals surface area (Å²) in [6.45, 7) is 3.29. The number of nitrogens with zero attached hydrogens (tertiary/aromatic N) is 2. The number of likely N-dealkylation sites (tertiary alicyclic amines) is 1. The minimum atomic E-state index is -3.52. The van der Waals surface area contributed by atoms with Crippen LogP contribution in [0.5, 0.6) is 0 Å². The Balaban J connectivity index is 2.36. The molecule has 0 aliphatic carbocycles. The van der Waals surface area contributed by atoms with Crippen LogP contribution in [0.15, 0.2) is 30.3 Å². The van der Waals surface area contributed by atoms with Crippen LogP contribution < -0.4 is 4.31 Å². The van der Waals surface area contributed by atoms with E-state index in [0.29, 0.717) is 12.1 Å². The molecule has 1 fully saturated rings. The highest BCUT2D eigenvalue weighted by molar-refractivity contribution is 7.92. The average molecular weight is 310 g/mol. The van der Waals surface area contributed by atoms with E-state index in [9.17, 15) is 13.2 Å². The molecule has 0 spiro atoms. The van der Waals surface area contributed by atoms with Crippen LogP contribution in [0.1, 0.15) is 26.2 Å². The summed E-state index contributed by atoms with van der Waals surface area (Å²) in [5.74, 6) is -0.0933.